The average molecular weight is 299 g/mol. The first-order chi connectivity index (χ1) is 9.37. The van der Waals surface area contributed by atoms with Crippen LogP contribution in [0.4, 0.5) is 0 Å². The van der Waals surface area contributed by atoms with Gasteiger partial charge in [-0.05, 0) is 31.0 Å². The number of halogens is 1. The van der Waals surface area contributed by atoms with Crippen LogP contribution in [0.5, 0.6) is 0 Å². The number of amides is 1. The van der Waals surface area contributed by atoms with E-state index in [-0.39, 0.29) is 12.5 Å². The van der Waals surface area contributed by atoms with E-state index in [0.29, 0.717) is 18.0 Å². The minimum absolute atomic E-state index is 0.0375. The van der Waals surface area contributed by atoms with Crippen molar-refractivity contribution < 1.29 is 14.7 Å². The molecule has 1 rings (SSSR count). The van der Waals surface area contributed by atoms with Crippen LogP contribution in [0.3, 0.4) is 0 Å². The van der Waals surface area contributed by atoms with Gasteiger partial charge >= 0.3 is 5.97 Å². The molecule has 0 radical (unpaired) electrons. The Hall–Kier alpha value is -1.59. The molecule has 1 atom stereocenters. The molecular weight excluding hydrogens is 280 g/mol. The first kappa shape index (κ1) is 16.5. The first-order valence-corrected chi connectivity index (χ1v) is 6.75. The van der Waals surface area contributed by atoms with Gasteiger partial charge in [0.05, 0.1) is 6.54 Å². The zero-order valence-electron chi connectivity index (χ0n) is 11.6. The van der Waals surface area contributed by atoms with E-state index in [1.54, 1.807) is 26.0 Å². The molecule has 0 heterocycles. The molecule has 0 saturated heterocycles. The smallest absolute Gasteiger partial charge is 0.323 e. The third-order valence-electron chi connectivity index (χ3n) is 3.22. The average Bonchev–Trinajstić information content (AvgIpc) is 2.43. The molecule has 1 unspecified atom stereocenters. The summed E-state index contributed by atoms with van der Waals surface area (Å²) in [6.07, 6.45) is 0.396. The van der Waals surface area contributed by atoms with Crippen LogP contribution >= 0.6 is 11.6 Å². The van der Waals surface area contributed by atoms with Gasteiger partial charge in [-0.3, -0.25) is 14.9 Å². The number of nitrogens with one attached hydrogen (secondary N) is 2. The Balaban J connectivity index is 2.41. The highest BCUT2D eigenvalue weighted by atomic mass is 35.5. The normalized spacial score (nSPS) is 13.6. The molecule has 3 N–H and O–H groups in total. The number of hydrogen-bond donors (Lipinski definition) is 3. The molecule has 0 fully saturated rings. The topological polar surface area (TPSA) is 78.4 Å². The van der Waals surface area contributed by atoms with Gasteiger partial charge in [0.2, 0.25) is 5.91 Å². The molecule has 0 aliphatic rings. The monoisotopic (exact) mass is 298 g/mol. The van der Waals surface area contributed by atoms with Gasteiger partial charge in [-0.15, -0.1) is 0 Å². The van der Waals surface area contributed by atoms with E-state index >= 15 is 0 Å². The predicted octanol–water partition coefficient (Wildman–Crippen LogP) is 1.80. The minimum Gasteiger partial charge on any atom is -0.480 e. The predicted molar refractivity (Wildman–Crippen MR) is 77.6 cm³/mol. The van der Waals surface area contributed by atoms with Crippen LogP contribution < -0.4 is 10.6 Å². The molecule has 20 heavy (non-hydrogen) atoms. The number of rotatable bonds is 7. The van der Waals surface area contributed by atoms with E-state index < -0.39 is 11.5 Å². The SMILES string of the molecule is CCC(C)(NCC(=O)NCc1ccc(Cl)cc1)C(=O)O. The van der Waals surface area contributed by atoms with Crippen molar-refractivity contribution in [2.75, 3.05) is 6.54 Å². The van der Waals surface area contributed by atoms with Crippen molar-refractivity contribution in [3.8, 4) is 0 Å². The quantitative estimate of drug-likeness (QED) is 0.717. The lowest BCUT2D eigenvalue weighted by molar-refractivity contribution is -0.144. The van der Waals surface area contributed by atoms with Gasteiger partial charge in [0.15, 0.2) is 0 Å². The Labute approximate surface area is 123 Å². The Morgan fingerprint density at radius 2 is 1.90 bits per heavy atom. The van der Waals surface area contributed by atoms with Crippen LogP contribution in [0.15, 0.2) is 24.3 Å². The molecule has 0 spiro atoms. The maximum absolute atomic E-state index is 11.7. The van der Waals surface area contributed by atoms with Crippen molar-refractivity contribution in [1.29, 1.82) is 0 Å². The molecule has 0 aliphatic carbocycles. The summed E-state index contributed by atoms with van der Waals surface area (Å²) in [7, 11) is 0. The van der Waals surface area contributed by atoms with Crippen molar-refractivity contribution in [3.05, 3.63) is 34.9 Å². The zero-order chi connectivity index (χ0) is 15.2. The lowest BCUT2D eigenvalue weighted by atomic mass is 9.99. The van der Waals surface area contributed by atoms with Gasteiger partial charge in [-0.1, -0.05) is 30.7 Å². The molecule has 0 aromatic heterocycles. The summed E-state index contributed by atoms with van der Waals surface area (Å²) >= 11 is 5.77. The van der Waals surface area contributed by atoms with Gasteiger partial charge in [-0.25, -0.2) is 0 Å². The lowest BCUT2D eigenvalue weighted by Crippen LogP contribution is -2.52. The maximum atomic E-state index is 11.7. The van der Waals surface area contributed by atoms with Crippen molar-refractivity contribution in [2.45, 2.75) is 32.4 Å². The van der Waals surface area contributed by atoms with Crippen LogP contribution in [-0.2, 0) is 16.1 Å². The van der Waals surface area contributed by atoms with Crippen LogP contribution in [0.25, 0.3) is 0 Å². The van der Waals surface area contributed by atoms with E-state index in [4.69, 9.17) is 16.7 Å². The maximum Gasteiger partial charge on any atom is 0.323 e. The molecule has 5 nitrogen and oxygen atoms in total. The molecule has 0 saturated carbocycles. The fourth-order valence-corrected chi connectivity index (χ4v) is 1.62. The third-order valence-corrected chi connectivity index (χ3v) is 3.47. The van der Waals surface area contributed by atoms with E-state index in [9.17, 15) is 9.59 Å². The number of carbonyl (C=O) groups excluding carboxylic acids is 1. The number of benzene rings is 1. The first-order valence-electron chi connectivity index (χ1n) is 6.37. The molecule has 1 aromatic carbocycles. The van der Waals surface area contributed by atoms with Gasteiger partial charge in [-0.2, -0.15) is 0 Å². The van der Waals surface area contributed by atoms with Crippen molar-refractivity contribution >= 4 is 23.5 Å². The summed E-state index contributed by atoms with van der Waals surface area (Å²) in [5, 5.41) is 15.2. The summed E-state index contributed by atoms with van der Waals surface area (Å²) in [5.41, 5.74) is -0.156. The van der Waals surface area contributed by atoms with Crippen LogP contribution in [0, 0.1) is 0 Å². The van der Waals surface area contributed by atoms with E-state index in [1.807, 2.05) is 12.1 Å². The number of hydrogen-bond acceptors (Lipinski definition) is 3. The molecule has 6 heteroatoms. The van der Waals surface area contributed by atoms with Gasteiger partial charge in [0.1, 0.15) is 5.54 Å². The van der Waals surface area contributed by atoms with Gasteiger partial charge < -0.3 is 10.4 Å². The van der Waals surface area contributed by atoms with Gasteiger partial charge in [0, 0.05) is 11.6 Å². The Morgan fingerprint density at radius 3 is 2.40 bits per heavy atom. The second-order valence-corrected chi connectivity index (χ2v) is 5.18. The summed E-state index contributed by atoms with van der Waals surface area (Å²) < 4.78 is 0. The fourth-order valence-electron chi connectivity index (χ4n) is 1.49. The standard InChI is InChI=1S/C14H19ClN2O3/c1-3-14(2,13(19)20)17-9-12(18)16-8-10-4-6-11(15)7-5-10/h4-7,17H,3,8-9H2,1-2H3,(H,16,18)(H,19,20). The number of carboxylic acids is 1. The Morgan fingerprint density at radius 1 is 1.30 bits per heavy atom. The van der Waals surface area contributed by atoms with E-state index in [2.05, 4.69) is 10.6 Å². The Bertz CT molecular complexity index is 476. The van der Waals surface area contributed by atoms with Crippen LogP contribution in [0.2, 0.25) is 5.02 Å². The third kappa shape index (κ3) is 4.83. The van der Waals surface area contributed by atoms with Crippen LogP contribution in [0.1, 0.15) is 25.8 Å². The van der Waals surface area contributed by atoms with E-state index in [0.717, 1.165) is 5.56 Å². The Kier molecular flexibility index (Phi) is 5.98. The van der Waals surface area contributed by atoms with Crippen LogP contribution in [-0.4, -0.2) is 29.1 Å². The lowest BCUT2D eigenvalue weighted by Gasteiger charge is -2.24. The molecule has 110 valence electrons. The number of aliphatic carboxylic acids is 1. The second-order valence-electron chi connectivity index (χ2n) is 4.75. The highest BCUT2D eigenvalue weighted by Gasteiger charge is 2.30. The molecule has 1 aromatic rings. The zero-order valence-corrected chi connectivity index (χ0v) is 12.3. The fraction of sp³-hybridized carbons (Fsp3) is 0.429. The summed E-state index contributed by atoms with van der Waals surface area (Å²) in [6.45, 7) is 3.66. The second kappa shape index (κ2) is 7.26. The molecule has 0 bridgehead atoms. The molecule has 1 amide bonds. The number of carboxylic acid groups (broad SMARTS) is 1. The van der Waals surface area contributed by atoms with Crippen molar-refractivity contribution in [1.82, 2.24) is 10.6 Å². The number of carbonyl (C=O) groups is 2. The van der Waals surface area contributed by atoms with Crippen molar-refractivity contribution in [2.24, 2.45) is 0 Å². The highest BCUT2D eigenvalue weighted by Crippen LogP contribution is 2.10. The highest BCUT2D eigenvalue weighted by molar-refractivity contribution is 6.30. The minimum atomic E-state index is -1.09. The summed E-state index contributed by atoms with van der Waals surface area (Å²) in [4.78, 5) is 22.7. The van der Waals surface area contributed by atoms with Crippen molar-refractivity contribution in [3.63, 3.8) is 0 Å². The summed E-state index contributed by atoms with van der Waals surface area (Å²) in [6, 6.07) is 7.15. The summed E-state index contributed by atoms with van der Waals surface area (Å²) in [5.74, 6) is -1.22. The van der Waals surface area contributed by atoms with Gasteiger partial charge in [0.25, 0.3) is 0 Å². The largest absolute Gasteiger partial charge is 0.480 e. The molecular formula is C14H19ClN2O3. The van der Waals surface area contributed by atoms with E-state index in [1.165, 1.54) is 0 Å². The molecule has 0 aliphatic heterocycles.